The molecule has 5 nitrogen and oxygen atoms in total. The number of aliphatic imine (C=N–C) groups is 1. The van der Waals surface area contributed by atoms with Crippen molar-refractivity contribution in [2.75, 3.05) is 47.4 Å². The molecule has 0 aromatic carbocycles. The van der Waals surface area contributed by atoms with Gasteiger partial charge in [-0.15, -0.1) is 0 Å². The van der Waals surface area contributed by atoms with Crippen LogP contribution >= 0.6 is 0 Å². The summed E-state index contributed by atoms with van der Waals surface area (Å²) >= 11 is 0. The lowest BCUT2D eigenvalue weighted by Crippen LogP contribution is -2.45. The highest BCUT2D eigenvalue weighted by atomic mass is 16.5. The van der Waals surface area contributed by atoms with Crippen LogP contribution in [0.5, 0.6) is 0 Å². The maximum atomic E-state index is 5.74. The summed E-state index contributed by atoms with van der Waals surface area (Å²) in [7, 11) is 5.98. The summed E-state index contributed by atoms with van der Waals surface area (Å²) in [6, 6.07) is 0. The predicted octanol–water partition coefficient (Wildman–Crippen LogP) is 0.672. The minimum Gasteiger partial charge on any atom is -0.373 e. The van der Waals surface area contributed by atoms with Crippen LogP contribution in [0.1, 0.15) is 26.2 Å². The zero-order chi connectivity index (χ0) is 13.4. The molecule has 0 saturated carbocycles. The molecule has 0 amide bonds. The van der Waals surface area contributed by atoms with E-state index in [1.165, 1.54) is 0 Å². The molecule has 1 aliphatic rings. The van der Waals surface area contributed by atoms with Crippen molar-refractivity contribution < 1.29 is 4.74 Å². The third kappa shape index (κ3) is 5.69. The Kier molecular flexibility index (Phi) is 6.43. The van der Waals surface area contributed by atoms with Gasteiger partial charge >= 0.3 is 0 Å². The van der Waals surface area contributed by atoms with E-state index in [9.17, 15) is 0 Å². The molecule has 0 aliphatic carbocycles. The summed E-state index contributed by atoms with van der Waals surface area (Å²) in [5.41, 5.74) is -0.0265. The number of rotatable bonds is 6. The second-order valence-corrected chi connectivity index (χ2v) is 5.41. The predicted molar refractivity (Wildman–Crippen MR) is 76.1 cm³/mol. The van der Waals surface area contributed by atoms with Gasteiger partial charge in [0.15, 0.2) is 5.96 Å². The number of ether oxygens (including phenoxy) is 1. The molecule has 18 heavy (non-hydrogen) atoms. The molecule has 106 valence electrons. The summed E-state index contributed by atoms with van der Waals surface area (Å²) in [4.78, 5) is 6.41. The Bertz CT molecular complexity index is 260. The van der Waals surface area contributed by atoms with Gasteiger partial charge in [0.05, 0.1) is 5.60 Å². The van der Waals surface area contributed by atoms with Crippen molar-refractivity contribution in [1.29, 1.82) is 0 Å². The minimum absolute atomic E-state index is 0.0265. The first-order valence-corrected chi connectivity index (χ1v) is 6.79. The average Bonchev–Trinajstić information content (AvgIpc) is 2.75. The summed E-state index contributed by atoms with van der Waals surface area (Å²) in [6.45, 7) is 5.89. The van der Waals surface area contributed by atoms with Crippen LogP contribution in [0.25, 0.3) is 0 Å². The van der Waals surface area contributed by atoms with E-state index in [1.54, 1.807) is 7.05 Å². The third-order valence-electron chi connectivity index (χ3n) is 3.23. The number of hydrogen-bond acceptors (Lipinski definition) is 3. The first-order chi connectivity index (χ1) is 8.56. The Labute approximate surface area is 111 Å². The molecule has 1 fully saturated rings. The quantitative estimate of drug-likeness (QED) is 0.417. The van der Waals surface area contributed by atoms with Crippen molar-refractivity contribution in [3.05, 3.63) is 0 Å². The first kappa shape index (κ1) is 15.2. The number of nitrogens with zero attached hydrogens (tertiary/aromatic N) is 2. The van der Waals surface area contributed by atoms with E-state index in [2.05, 4.69) is 41.5 Å². The van der Waals surface area contributed by atoms with Crippen molar-refractivity contribution in [2.24, 2.45) is 4.99 Å². The Balaban J connectivity index is 2.17. The lowest BCUT2D eigenvalue weighted by molar-refractivity contribution is 0.0243. The second kappa shape index (κ2) is 7.59. The molecule has 1 rings (SSSR count). The van der Waals surface area contributed by atoms with Crippen molar-refractivity contribution in [2.45, 2.75) is 31.8 Å². The van der Waals surface area contributed by atoms with Crippen LogP contribution in [0.3, 0.4) is 0 Å². The van der Waals surface area contributed by atoms with Crippen LogP contribution in [-0.4, -0.2) is 63.8 Å². The molecule has 1 saturated heterocycles. The molecule has 1 unspecified atom stereocenters. The van der Waals surface area contributed by atoms with E-state index < -0.39 is 0 Å². The zero-order valence-electron chi connectivity index (χ0n) is 12.3. The van der Waals surface area contributed by atoms with Gasteiger partial charge in [0.25, 0.3) is 0 Å². The highest BCUT2D eigenvalue weighted by molar-refractivity contribution is 5.79. The molecule has 0 spiro atoms. The Morgan fingerprint density at radius 2 is 2.17 bits per heavy atom. The van der Waals surface area contributed by atoms with E-state index in [1.807, 2.05) is 0 Å². The summed E-state index contributed by atoms with van der Waals surface area (Å²) in [5.74, 6) is 0.866. The van der Waals surface area contributed by atoms with E-state index in [4.69, 9.17) is 4.74 Å². The first-order valence-electron chi connectivity index (χ1n) is 6.79. The molecule has 2 N–H and O–H groups in total. The molecule has 0 bridgehead atoms. The average molecular weight is 256 g/mol. The maximum Gasteiger partial charge on any atom is 0.191 e. The van der Waals surface area contributed by atoms with Gasteiger partial charge in [-0.05, 0) is 46.8 Å². The van der Waals surface area contributed by atoms with Gasteiger partial charge in [-0.25, -0.2) is 0 Å². The van der Waals surface area contributed by atoms with Crippen LogP contribution in [0.4, 0.5) is 0 Å². The normalized spacial score (nSPS) is 24.6. The fourth-order valence-electron chi connectivity index (χ4n) is 2.07. The van der Waals surface area contributed by atoms with E-state index in [0.29, 0.717) is 0 Å². The van der Waals surface area contributed by atoms with Crippen LogP contribution in [-0.2, 0) is 4.74 Å². The van der Waals surface area contributed by atoms with Gasteiger partial charge in [-0.2, -0.15) is 0 Å². The molecule has 5 heteroatoms. The van der Waals surface area contributed by atoms with Crippen molar-refractivity contribution in [1.82, 2.24) is 15.5 Å². The van der Waals surface area contributed by atoms with Crippen LogP contribution < -0.4 is 10.6 Å². The number of hydrogen-bond donors (Lipinski definition) is 2. The summed E-state index contributed by atoms with van der Waals surface area (Å²) in [6.07, 6.45) is 3.39. The van der Waals surface area contributed by atoms with Crippen LogP contribution in [0.2, 0.25) is 0 Å². The Hall–Kier alpha value is -0.810. The van der Waals surface area contributed by atoms with Crippen molar-refractivity contribution in [3.8, 4) is 0 Å². The number of nitrogens with one attached hydrogen (secondary N) is 2. The lowest BCUT2D eigenvalue weighted by atomic mass is 10.0. The molecular formula is C13H28N4O. The van der Waals surface area contributed by atoms with Gasteiger partial charge in [-0.3, -0.25) is 4.99 Å². The zero-order valence-corrected chi connectivity index (χ0v) is 12.3. The highest BCUT2D eigenvalue weighted by Crippen LogP contribution is 2.23. The Morgan fingerprint density at radius 3 is 2.72 bits per heavy atom. The van der Waals surface area contributed by atoms with Crippen LogP contribution in [0.15, 0.2) is 4.99 Å². The molecule has 0 aromatic rings. The Morgan fingerprint density at radius 1 is 1.39 bits per heavy atom. The highest BCUT2D eigenvalue weighted by Gasteiger charge is 2.29. The molecule has 1 aliphatic heterocycles. The summed E-state index contributed by atoms with van der Waals surface area (Å²) in [5, 5.41) is 6.66. The van der Waals surface area contributed by atoms with E-state index in [-0.39, 0.29) is 5.60 Å². The maximum absolute atomic E-state index is 5.74. The molecule has 1 atom stereocenters. The molecule has 1 heterocycles. The van der Waals surface area contributed by atoms with Gasteiger partial charge in [-0.1, -0.05) is 0 Å². The molecule has 0 aromatic heterocycles. The monoisotopic (exact) mass is 256 g/mol. The van der Waals surface area contributed by atoms with E-state index >= 15 is 0 Å². The second-order valence-electron chi connectivity index (χ2n) is 5.41. The van der Waals surface area contributed by atoms with Crippen molar-refractivity contribution >= 4 is 5.96 Å². The standard InChI is InChI=1S/C13H28N4O/c1-13(7-5-10-18-13)11-16-12(14-2)15-8-6-9-17(3)4/h5-11H2,1-4H3,(H2,14,15,16). The van der Waals surface area contributed by atoms with E-state index in [0.717, 1.165) is 51.5 Å². The van der Waals surface area contributed by atoms with Crippen LogP contribution in [0, 0.1) is 0 Å². The fourth-order valence-corrected chi connectivity index (χ4v) is 2.07. The largest absolute Gasteiger partial charge is 0.373 e. The topological polar surface area (TPSA) is 48.9 Å². The van der Waals surface area contributed by atoms with Gasteiger partial charge in [0.2, 0.25) is 0 Å². The summed E-state index contributed by atoms with van der Waals surface area (Å²) < 4.78 is 5.74. The van der Waals surface area contributed by atoms with Crippen molar-refractivity contribution in [3.63, 3.8) is 0 Å². The third-order valence-corrected chi connectivity index (χ3v) is 3.23. The SMILES string of the molecule is CN=C(NCCCN(C)C)NCC1(C)CCCO1. The fraction of sp³-hybridized carbons (Fsp3) is 0.923. The minimum atomic E-state index is -0.0265. The molecular weight excluding hydrogens is 228 g/mol. The smallest absolute Gasteiger partial charge is 0.191 e. The van der Waals surface area contributed by atoms with Gasteiger partial charge in [0, 0.05) is 26.7 Å². The lowest BCUT2D eigenvalue weighted by Gasteiger charge is -2.24. The number of guanidine groups is 1. The van der Waals surface area contributed by atoms with Gasteiger partial charge in [0.1, 0.15) is 0 Å². The van der Waals surface area contributed by atoms with Gasteiger partial charge < -0.3 is 20.3 Å². The molecule has 0 radical (unpaired) electrons.